The van der Waals surface area contributed by atoms with Gasteiger partial charge in [0.2, 0.25) is 0 Å². The van der Waals surface area contributed by atoms with Crippen LogP contribution in [0.2, 0.25) is 0 Å². The Bertz CT molecular complexity index is 785. The molecule has 18 heavy (non-hydrogen) atoms. The molecule has 3 aromatic rings. The van der Waals surface area contributed by atoms with Gasteiger partial charge in [-0.25, -0.2) is 4.98 Å². The maximum atomic E-state index is 11.7. The first-order valence-corrected chi connectivity index (χ1v) is 5.63. The SMILES string of the molecule is Cc1nc2cc(-c3cnn(C)c3)ccc2c(=O)[nH]1. The zero-order valence-electron chi connectivity index (χ0n) is 10.1. The van der Waals surface area contributed by atoms with E-state index in [2.05, 4.69) is 15.1 Å². The third-order valence-corrected chi connectivity index (χ3v) is 2.86. The van der Waals surface area contributed by atoms with E-state index >= 15 is 0 Å². The molecular formula is C13H12N4O. The van der Waals surface area contributed by atoms with Gasteiger partial charge in [-0.2, -0.15) is 5.10 Å². The number of fused-ring (bicyclic) bond motifs is 1. The van der Waals surface area contributed by atoms with Crippen molar-refractivity contribution in [1.29, 1.82) is 0 Å². The molecule has 0 aliphatic carbocycles. The van der Waals surface area contributed by atoms with Gasteiger partial charge in [-0.3, -0.25) is 9.48 Å². The van der Waals surface area contributed by atoms with E-state index < -0.39 is 0 Å². The summed E-state index contributed by atoms with van der Waals surface area (Å²) in [6.45, 7) is 1.78. The van der Waals surface area contributed by atoms with Gasteiger partial charge in [0, 0.05) is 18.8 Å². The monoisotopic (exact) mass is 240 g/mol. The first-order chi connectivity index (χ1) is 8.63. The van der Waals surface area contributed by atoms with Gasteiger partial charge >= 0.3 is 0 Å². The predicted molar refractivity (Wildman–Crippen MR) is 69.3 cm³/mol. The third kappa shape index (κ3) is 1.69. The van der Waals surface area contributed by atoms with Crippen molar-refractivity contribution in [2.24, 2.45) is 7.05 Å². The maximum Gasteiger partial charge on any atom is 0.258 e. The van der Waals surface area contributed by atoms with Crippen molar-refractivity contribution in [3.63, 3.8) is 0 Å². The molecule has 0 bridgehead atoms. The zero-order valence-corrected chi connectivity index (χ0v) is 10.1. The summed E-state index contributed by atoms with van der Waals surface area (Å²) >= 11 is 0. The van der Waals surface area contributed by atoms with E-state index in [1.54, 1.807) is 23.9 Å². The second kappa shape index (κ2) is 3.80. The van der Waals surface area contributed by atoms with Crippen molar-refractivity contribution in [1.82, 2.24) is 19.7 Å². The van der Waals surface area contributed by atoms with Crippen LogP contribution in [0.5, 0.6) is 0 Å². The minimum Gasteiger partial charge on any atom is -0.310 e. The van der Waals surface area contributed by atoms with Crippen LogP contribution in [0.25, 0.3) is 22.0 Å². The Hall–Kier alpha value is -2.43. The van der Waals surface area contributed by atoms with Gasteiger partial charge < -0.3 is 4.98 Å². The molecular weight excluding hydrogens is 228 g/mol. The Morgan fingerprint density at radius 3 is 2.83 bits per heavy atom. The standard InChI is InChI=1S/C13H12N4O/c1-8-15-12-5-9(10-6-14-17(2)7-10)3-4-11(12)13(18)16-8/h3-7H,1-2H3,(H,15,16,18). The van der Waals surface area contributed by atoms with Crippen LogP contribution in [-0.2, 0) is 7.05 Å². The van der Waals surface area contributed by atoms with E-state index in [1.807, 2.05) is 25.4 Å². The summed E-state index contributed by atoms with van der Waals surface area (Å²) in [6, 6.07) is 5.61. The molecule has 0 amide bonds. The normalized spacial score (nSPS) is 11.0. The first kappa shape index (κ1) is 10.7. The van der Waals surface area contributed by atoms with E-state index in [-0.39, 0.29) is 5.56 Å². The van der Waals surface area contributed by atoms with Crippen molar-refractivity contribution in [2.75, 3.05) is 0 Å². The first-order valence-electron chi connectivity index (χ1n) is 5.63. The van der Waals surface area contributed by atoms with Crippen molar-refractivity contribution in [3.8, 4) is 11.1 Å². The average molecular weight is 240 g/mol. The summed E-state index contributed by atoms with van der Waals surface area (Å²) in [4.78, 5) is 18.8. The number of hydrogen-bond acceptors (Lipinski definition) is 3. The molecule has 2 aromatic heterocycles. The molecule has 5 nitrogen and oxygen atoms in total. The molecule has 0 atom stereocenters. The quantitative estimate of drug-likeness (QED) is 0.703. The molecule has 2 heterocycles. The summed E-state index contributed by atoms with van der Waals surface area (Å²) in [5.74, 6) is 0.621. The highest BCUT2D eigenvalue weighted by molar-refractivity contribution is 5.83. The van der Waals surface area contributed by atoms with Gasteiger partial charge in [0.05, 0.1) is 17.1 Å². The van der Waals surface area contributed by atoms with Crippen LogP contribution in [0.1, 0.15) is 5.82 Å². The van der Waals surface area contributed by atoms with Crippen LogP contribution in [0.3, 0.4) is 0 Å². The topological polar surface area (TPSA) is 63.6 Å². The highest BCUT2D eigenvalue weighted by atomic mass is 16.1. The molecule has 5 heteroatoms. The summed E-state index contributed by atoms with van der Waals surface area (Å²) in [6.07, 6.45) is 3.72. The Morgan fingerprint density at radius 2 is 2.11 bits per heavy atom. The van der Waals surface area contributed by atoms with Gasteiger partial charge in [0.1, 0.15) is 5.82 Å². The Kier molecular flexibility index (Phi) is 2.26. The number of aromatic amines is 1. The summed E-state index contributed by atoms with van der Waals surface area (Å²) in [7, 11) is 1.87. The molecule has 0 saturated heterocycles. The number of aryl methyl sites for hydroxylation is 2. The number of H-pyrrole nitrogens is 1. The Morgan fingerprint density at radius 1 is 1.28 bits per heavy atom. The largest absolute Gasteiger partial charge is 0.310 e. The highest BCUT2D eigenvalue weighted by Gasteiger charge is 2.05. The Balaban J connectivity index is 2.25. The minimum atomic E-state index is -0.102. The van der Waals surface area contributed by atoms with Crippen LogP contribution in [0.15, 0.2) is 35.4 Å². The van der Waals surface area contributed by atoms with Crippen LogP contribution in [0, 0.1) is 6.92 Å². The smallest absolute Gasteiger partial charge is 0.258 e. The fourth-order valence-electron chi connectivity index (χ4n) is 2.01. The lowest BCUT2D eigenvalue weighted by atomic mass is 10.1. The van der Waals surface area contributed by atoms with Gasteiger partial charge in [-0.05, 0) is 24.6 Å². The van der Waals surface area contributed by atoms with Crippen LogP contribution in [0.4, 0.5) is 0 Å². The lowest BCUT2D eigenvalue weighted by Crippen LogP contribution is -2.09. The van der Waals surface area contributed by atoms with E-state index in [4.69, 9.17) is 0 Å². The van der Waals surface area contributed by atoms with Crippen molar-refractivity contribution >= 4 is 10.9 Å². The van der Waals surface area contributed by atoms with Crippen molar-refractivity contribution in [2.45, 2.75) is 6.92 Å². The molecule has 0 aliphatic rings. The molecule has 0 spiro atoms. The molecule has 0 radical (unpaired) electrons. The van der Waals surface area contributed by atoms with Crippen molar-refractivity contribution < 1.29 is 0 Å². The van der Waals surface area contributed by atoms with Gasteiger partial charge in [-0.1, -0.05) is 6.07 Å². The average Bonchev–Trinajstić information content (AvgIpc) is 2.75. The van der Waals surface area contributed by atoms with Gasteiger partial charge in [0.25, 0.3) is 5.56 Å². The molecule has 90 valence electrons. The zero-order chi connectivity index (χ0) is 12.7. The number of rotatable bonds is 1. The lowest BCUT2D eigenvalue weighted by Gasteiger charge is -2.01. The second-order valence-electron chi connectivity index (χ2n) is 4.29. The van der Waals surface area contributed by atoms with Crippen LogP contribution >= 0.6 is 0 Å². The number of nitrogens with zero attached hydrogens (tertiary/aromatic N) is 3. The molecule has 0 unspecified atom stereocenters. The number of nitrogens with one attached hydrogen (secondary N) is 1. The minimum absolute atomic E-state index is 0.102. The molecule has 0 aliphatic heterocycles. The Labute approximate surface area is 103 Å². The fraction of sp³-hybridized carbons (Fsp3) is 0.154. The number of hydrogen-bond donors (Lipinski definition) is 1. The highest BCUT2D eigenvalue weighted by Crippen LogP contribution is 2.21. The summed E-state index contributed by atoms with van der Waals surface area (Å²) in [5, 5.41) is 4.74. The second-order valence-corrected chi connectivity index (χ2v) is 4.29. The molecule has 3 rings (SSSR count). The van der Waals surface area contributed by atoms with Crippen LogP contribution in [-0.4, -0.2) is 19.7 Å². The van der Waals surface area contributed by atoms with E-state index in [0.717, 1.165) is 11.1 Å². The maximum absolute atomic E-state index is 11.7. The number of aromatic nitrogens is 4. The van der Waals surface area contributed by atoms with E-state index in [1.165, 1.54) is 0 Å². The molecule has 0 saturated carbocycles. The molecule has 1 aromatic carbocycles. The molecule has 1 N–H and O–H groups in total. The predicted octanol–water partition coefficient (Wildman–Crippen LogP) is 1.63. The number of benzene rings is 1. The third-order valence-electron chi connectivity index (χ3n) is 2.86. The van der Waals surface area contributed by atoms with E-state index in [0.29, 0.717) is 16.7 Å². The van der Waals surface area contributed by atoms with Gasteiger partial charge in [-0.15, -0.1) is 0 Å². The van der Waals surface area contributed by atoms with E-state index in [9.17, 15) is 4.79 Å². The van der Waals surface area contributed by atoms with Crippen LogP contribution < -0.4 is 5.56 Å². The van der Waals surface area contributed by atoms with Gasteiger partial charge in [0.15, 0.2) is 0 Å². The van der Waals surface area contributed by atoms with Crippen molar-refractivity contribution in [3.05, 3.63) is 46.8 Å². The molecule has 0 fully saturated rings. The fourth-order valence-corrected chi connectivity index (χ4v) is 2.01. The summed E-state index contributed by atoms with van der Waals surface area (Å²) < 4.78 is 1.75. The lowest BCUT2D eigenvalue weighted by molar-refractivity contribution is 0.768. The summed E-state index contributed by atoms with van der Waals surface area (Å²) in [5.41, 5.74) is 2.63.